The number of aromatic nitrogens is 2. The van der Waals surface area contributed by atoms with Gasteiger partial charge in [-0.05, 0) is 32.4 Å². The summed E-state index contributed by atoms with van der Waals surface area (Å²) < 4.78 is 0. The second-order valence-corrected chi connectivity index (χ2v) is 6.08. The van der Waals surface area contributed by atoms with Crippen LogP contribution in [0.15, 0.2) is 36.7 Å². The van der Waals surface area contributed by atoms with E-state index in [2.05, 4.69) is 16.0 Å². The molecular formula is C19H25IrN2O2-. The molecule has 1 radical (unpaired) electrons. The van der Waals surface area contributed by atoms with Crippen LogP contribution in [-0.2, 0) is 20.1 Å². The van der Waals surface area contributed by atoms with E-state index >= 15 is 0 Å². The van der Waals surface area contributed by atoms with Crippen molar-refractivity contribution in [2.24, 2.45) is 5.92 Å². The summed E-state index contributed by atoms with van der Waals surface area (Å²) in [6.45, 7) is 3.72. The number of aliphatic hydroxyl groups excluding tert-OH is 2. The van der Waals surface area contributed by atoms with Gasteiger partial charge in [-0.15, -0.1) is 35.9 Å². The zero-order valence-corrected chi connectivity index (χ0v) is 16.5. The third kappa shape index (κ3) is 6.40. The minimum atomic E-state index is -0.338. The van der Waals surface area contributed by atoms with Crippen molar-refractivity contribution in [1.29, 1.82) is 0 Å². The first-order valence-corrected chi connectivity index (χ1v) is 8.20. The van der Waals surface area contributed by atoms with Gasteiger partial charge >= 0.3 is 0 Å². The fraction of sp³-hybridized carbons (Fsp3) is 0.474. The maximum atomic E-state index is 9.38. The average molecular weight is 506 g/mol. The van der Waals surface area contributed by atoms with Crippen molar-refractivity contribution in [1.82, 2.24) is 9.97 Å². The molecule has 3 atom stereocenters. The molecule has 0 spiro atoms. The van der Waals surface area contributed by atoms with Crippen molar-refractivity contribution < 1.29 is 30.3 Å². The van der Waals surface area contributed by atoms with E-state index in [-0.39, 0.29) is 38.2 Å². The van der Waals surface area contributed by atoms with Crippen LogP contribution in [0.25, 0.3) is 11.3 Å². The number of hydrogen-bond acceptors (Lipinski definition) is 4. The van der Waals surface area contributed by atoms with Gasteiger partial charge in [0.15, 0.2) is 0 Å². The average Bonchev–Trinajstić information content (AvgIpc) is 2.56. The smallest absolute Gasteiger partial charge is 0.105 e. The summed E-state index contributed by atoms with van der Waals surface area (Å²) in [5, 5.41) is 18.6. The van der Waals surface area contributed by atoms with E-state index in [0.29, 0.717) is 0 Å². The first-order chi connectivity index (χ1) is 11.1. The van der Waals surface area contributed by atoms with E-state index in [4.69, 9.17) is 0 Å². The molecule has 1 fully saturated rings. The van der Waals surface area contributed by atoms with Gasteiger partial charge in [-0.1, -0.05) is 18.9 Å². The molecule has 5 heteroatoms. The van der Waals surface area contributed by atoms with Crippen LogP contribution in [-0.4, -0.2) is 32.4 Å². The monoisotopic (exact) mass is 506 g/mol. The summed E-state index contributed by atoms with van der Waals surface area (Å²) in [5.74, 6) is 0.133. The summed E-state index contributed by atoms with van der Waals surface area (Å²) in [6.07, 6.45) is 5.11. The Hall–Kier alpha value is -1.13. The third-order valence-corrected chi connectivity index (χ3v) is 4.19. The Morgan fingerprint density at radius 2 is 1.96 bits per heavy atom. The topological polar surface area (TPSA) is 66.2 Å². The molecule has 3 unspecified atom stereocenters. The summed E-state index contributed by atoms with van der Waals surface area (Å²) in [4.78, 5) is 8.21. The minimum Gasteiger partial charge on any atom is -0.393 e. The molecule has 0 amide bonds. The Morgan fingerprint density at radius 1 is 1.21 bits per heavy atom. The van der Waals surface area contributed by atoms with Crippen LogP contribution in [0.1, 0.15) is 38.3 Å². The molecule has 0 bridgehead atoms. The van der Waals surface area contributed by atoms with Crippen LogP contribution >= 0.6 is 0 Å². The molecule has 1 saturated carbocycles. The van der Waals surface area contributed by atoms with Gasteiger partial charge in [-0.2, -0.15) is 0 Å². The zero-order chi connectivity index (χ0) is 16.7. The summed E-state index contributed by atoms with van der Waals surface area (Å²) in [5.41, 5.74) is 2.91. The second-order valence-electron chi connectivity index (χ2n) is 6.08. The van der Waals surface area contributed by atoms with Crippen molar-refractivity contribution in [2.75, 3.05) is 0 Å². The Bertz CT molecular complexity index is 593. The molecule has 24 heavy (non-hydrogen) atoms. The van der Waals surface area contributed by atoms with Crippen LogP contribution in [0.3, 0.4) is 0 Å². The van der Waals surface area contributed by atoms with Crippen LogP contribution in [0, 0.1) is 18.9 Å². The number of aryl methyl sites for hydroxylation is 1. The molecule has 1 aromatic carbocycles. The quantitative estimate of drug-likeness (QED) is 0.616. The van der Waals surface area contributed by atoms with Gasteiger partial charge in [0.2, 0.25) is 0 Å². The van der Waals surface area contributed by atoms with E-state index in [1.807, 2.05) is 37.3 Å². The molecule has 133 valence electrons. The molecule has 3 rings (SSSR count). The second kappa shape index (κ2) is 10.7. The fourth-order valence-corrected chi connectivity index (χ4v) is 2.86. The predicted molar refractivity (Wildman–Crippen MR) is 90.7 cm³/mol. The Kier molecular flexibility index (Phi) is 9.30. The fourth-order valence-electron chi connectivity index (χ4n) is 2.86. The molecule has 2 N–H and O–H groups in total. The van der Waals surface area contributed by atoms with E-state index < -0.39 is 0 Å². The van der Waals surface area contributed by atoms with E-state index in [9.17, 15) is 10.2 Å². The zero-order valence-electron chi connectivity index (χ0n) is 14.1. The molecule has 1 aromatic heterocycles. The van der Waals surface area contributed by atoms with E-state index in [1.54, 1.807) is 13.3 Å². The van der Waals surface area contributed by atoms with Crippen molar-refractivity contribution in [3.8, 4) is 11.3 Å². The van der Waals surface area contributed by atoms with Crippen molar-refractivity contribution in [3.63, 3.8) is 0 Å². The third-order valence-electron chi connectivity index (χ3n) is 4.19. The molecule has 0 aliphatic heterocycles. The molecule has 0 saturated heterocycles. The van der Waals surface area contributed by atoms with Crippen molar-refractivity contribution in [3.05, 3.63) is 48.4 Å². The number of aliphatic hydroxyl groups is 2. The van der Waals surface area contributed by atoms with Crippen LogP contribution in [0.5, 0.6) is 0 Å². The number of nitrogens with zero attached hydrogens (tertiary/aromatic N) is 2. The van der Waals surface area contributed by atoms with Gasteiger partial charge in [0.25, 0.3) is 0 Å². The molecular weight excluding hydrogens is 480 g/mol. The number of hydrogen-bond donors (Lipinski definition) is 2. The molecule has 1 aliphatic carbocycles. The maximum Gasteiger partial charge on any atom is 0.105 e. The van der Waals surface area contributed by atoms with Gasteiger partial charge < -0.3 is 10.2 Å². The van der Waals surface area contributed by atoms with Gasteiger partial charge in [-0.25, -0.2) is 4.98 Å². The SMILES string of the molecule is CC(O)C1CCCCC1O.Cc1cc(-c2[c-]cccc2)ncn1.[Ir]. The van der Waals surface area contributed by atoms with Gasteiger partial charge in [0.05, 0.1) is 12.2 Å². The maximum absolute atomic E-state index is 9.38. The summed E-state index contributed by atoms with van der Waals surface area (Å²) in [6, 6.07) is 12.9. The van der Waals surface area contributed by atoms with Gasteiger partial charge in [0, 0.05) is 31.7 Å². The molecule has 4 nitrogen and oxygen atoms in total. The van der Waals surface area contributed by atoms with Crippen molar-refractivity contribution >= 4 is 0 Å². The Balaban J connectivity index is 0.000000238. The van der Waals surface area contributed by atoms with Crippen LogP contribution in [0.4, 0.5) is 0 Å². The number of rotatable bonds is 2. The van der Waals surface area contributed by atoms with E-state index in [1.165, 1.54) is 0 Å². The molecule has 1 heterocycles. The first kappa shape index (κ1) is 20.9. The van der Waals surface area contributed by atoms with Crippen LogP contribution < -0.4 is 0 Å². The normalized spacial score (nSPS) is 21.0. The Morgan fingerprint density at radius 3 is 2.50 bits per heavy atom. The van der Waals surface area contributed by atoms with E-state index in [0.717, 1.165) is 42.6 Å². The van der Waals surface area contributed by atoms with Gasteiger partial charge in [0.1, 0.15) is 6.33 Å². The summed E-state index contributed by atoms with van der Waals surface area (Å²) >= 11 is 0. The predicted octanol–water partition coefficient (Wildman–Crippen LogP) is 3.17. The molecule has 2 aromatic rings. The summed E-state index contributed by atoms with van der Waals surface area (Å²) in [7, 11) is 0. The van der Waals surface area contributed by atoms with Gasteiger partial charge in [-0.3, -0.25) is 4.98 Å². The Labute approximate surface area is 157 Å². The largest absolute Gasteiger partial charge is 0.393 e. The minimum absolute atomic E-state index is 0. The number of benzene rings is 1. The van der Waals surface area contributed by atoms with Crippen molar-refractivity contribution in [2.45, 2.75) is 51.7 Å². The standard InChI is InChI=1S/C11H9N2.C8H16O2.Ir/c1-9-7-11(13-8-12-9)10-5-3-2-4-6-10;1-6(9)7-4-2-3-5-8(7)10;/h2-5,7-8H,1H3;6-10H,2-5H2,1H3;/q-1;;. The van der Waals surface area contributed by atoms with Crippen LogP contribution in [0.2, 0.25) is 0 Å². The molecule has 1 aliphatic rings. The first-order valence-electron chi connectivity index (χ1n) is 8.20.